The molecule has 0 bridgehead atoms. The van der Waals surface area contributed by atoms with Crippen LogP contribution in [0.3, 0.4) is 0 Å². The third-order valence-electron chi connectivity index (χ3n) is 4.15. The van der Waals surface area contributed by atoms with E-state index in [1.807, 2.05) is 6.07 Å². The summed E-state index contributed by atoms with van der Waals surface area (Å²) >= 11 is 6.17. The van der Waals surface area contributed by atoms with Crippen LogP contribution < -0.4 is 15.4 Å². The van der Waals surface area contributed by atoms with Crippen molar-refractivity contribution in [3.8, 4) is 5.75 Å². The molecule has 0 fully saturated rings. The maximum Gasteiger partial charge on any atom is 0.249 e. The fourth-order valence-electron chi connectivity index (χ4n) is 2.76. The second-order valence-corrected chi connectivity index (χ2v) is 6.87. The highest BCUT2D eigenvalue weighted by Gasteiger charge is 2.11. The highest BCUT2D eigenvalue weighted by molar-refractivity contribution is 6.32. The number of rotatable bonds is 6. The van der Waals surface area contributed by atoms with E-state index in [0.717, 1.165) is 16.9 Å². The van der Waals surface area contributed by atoms with Crippen LogP contribution in [-0.4, -0.2) is 22.3 Å². The number of ether oxygens (including phenoxy) is 1. The standard InChI is InChI=1S/C20H22ClN5O/c1-12(2)15-7-5-6-13(3)19(15)24-18-11-22-26-20(25-18)23-14-8-9-17(27-4)16(21)10-14/h5-12H,1-4H3,(H2,23,24,25,26). The van der Waals surface area contributed by atoms with Crippen molar-refractivity contribution in [3.63, 3.8) is 0 Å². The largest absolute Gasteiger partial charge is 0.495 e. The van der Waals surface area contributed by atoms with Gasteiger partial charge in [-0.15, -0.1) is 5.10 Å². The van der Waals surface area contributed by atoms with Crippen LogP contribution in [0, 0.1) is 6.92 Å². The van der Waals surface area contributed by atoms with Crippen LogP contribution in [0.5, 0.6) is 5.75 Å². The number of hydrogen-bond acceptors (Lipinski definition) is 6. The zero-order valence-corrected chi connectivity index (χ0v) is 16.5. The molecule has 2 N–H and O–H groups in total. The van der Waals surface area contributed by atoms with Crippen molar-refractivity contribution in [2.75, 3.05) is 17.7 Å². The van der Waals surface area contributed by atoms with Crippen LogP contribution in [0.25, 0.3) is 0 Å². The number of aromatic nitrogens is 3. The molecule has 0 aliphatic heterocycles. The predicted octanol–water partition coefficient (Wildman–Crippen LogP) is 5.45. The lowest BCUT2D eigenvalue weighted by Gasteiger charge is -2.17. The van der Waals surface area contributed by atoms with Gasteiger partial charge in [0.1, 0.15) is 5.75 Å². The number of hydrogen-bond donors (Lipinski definition) is 2. The summed E-state index contributed by atoms with van der Waals surface area (Å²) in [6.45, 7) is 6.40. The Balaban J connectivity index is 1.84. The molecule has 27 heavy (non-hydrogen) atoms. The van der Waals surface area contributed by atoms with E-state index in [1.54, 1.807) is 25.4 Å². The number of anilines is 4. The fraction of sp³-hybridized carbons (Fsp3) is 0.250. The molecule has 0 saturated carbocycles. The molecule has 0 unspecified atom stereocenters. The smallest absolute Gasteiger partial charge is 0.249 e. The molecule has 1 aromatic heterocycles. The maximum atomic E-state index is 6.17. The summed E-state index contributed by atoms with van der Waals surface area (Å²) in [7, 11) is 1.58. The van der Waals surface area contributed by atoms with E-state index in [4.69, 9.17) is 16.3 Å². The third kappa shape index (κ3) is 4.46. The van der Waals surface area contributed by atoms with Crippen molar-refractivity contribution < 1.29 is 4.74 Å². The molecule has 7 heteroatoms. The van der Waals surface area contributed by atoms with Gasteiger partial charge in [-0.3, -0.25) is 0 Å². The third-order valence-corrected chi connectivity index (χ3v) is 4.44. The maximum absolute atomic E-state index is 6.17. The summed E-state index contributed by atoms with van der Waals surface area (Å²) < 4.78 is 5.16. The van der Waals surface area contributed by atoms with Crippen molar-refractivity contribution in [1.82, 2.24) is 15.2 Å². The Morgan fingerprint density at radius 1 is 1.11 bits per heavy atom. The van der Waals surface area contributed by atoms with E-state index in [-0.39, 0.29) is 0 Å². The van der Waals surface area contributed by atoms with Gasteiger partial charge in [-0.2, -0.15) is 10.1 Å². The Kier molecular flexibility index (Phi) is 5.76. The van der Waals surface area contributed by atoms with Gasteiger partial charge in [-0.25, -0.2) is 0 Å². The molecular formula is C20H22ClN5O. The highest BCUT2D eigenvalue weighted by atomic mass is 35.5. The normalized spacial score (nSPS) is 10.7. The second-order valence-electron chi connectivity index (χ2n) is 6.46. The van der Waals surface area contributed by atoms with Gasteiger partial charge in [0, 0.05) is 11.4 Å². The average molecular weight is 384 g/mol. The van der Waals surface area contributed by atoms with Crippen LogP contribution in [0.1, 0.15) is 30.9 Å². The first-order chi connectivity index (χ1) is 13.0. The first kappa shape index (κ1) is 18.9. The Morgan fingerprint density at radius 3 is 2.63 bits per heavy atom. The molecule has 0 saturated heterocycles. The van der Waals surface area contributed by atoms with E-state index in [2.05, 4.69) is 64.8 Å². The summed E-state index contributed by atoms with van der Waals surface area (Å²) in [5.74, 6) is 1.99. The number of nitrogens with one attached hydrogen (secondary N) is 2. The molecule has 0 atom stereocenters. The van der Waals surface area contributed by atoms with Gasteiger partial charge in [0.05, 0.1) is 18.3 Å². The van der Waals surface area contributed by atoms with Crippen LogP contribution in [0.15, 0.2) is 42.6 Å². The number of para-hydroxylation sites is 1. The Bertz CT molecular complexity index is 945. The van der Waals surface area contributed by atoms with Gasteiger partial charge in [-0.05, 0) is 42.2 Å². The summed E-state index contributed by atoms with van der Waals surface area (Å²) in [4.78, 5) is 4.51. The molecular weight excluding hydrogens is 362 g/mol. The fourth-order valence-corrected chi connectivity index (χ4v) is 3.02. The molecule has 6 nitrogen and oxygen atoms in total. The molecule has 3 rings (SSSR count). The van der Waals surface area contributed by atoms with E-state index < -0.39 is 0 Å². The first-order valence-electron chi connectivity index (χ1n) is 8.64. The molecule has 0 aliphatic carbocycles. The average Bonchev–Trinajstić information content (AvgIpc) is 2.64. The van der Waals surface area contributed by atoms with E-state index in [0.29, 0.717) is 28.5 Å². The quantitative estimate of drug-likeness (QED) is 0.589. The minimum atomic E-state index is 0.376. The zero-order valence-electron chi connectivity index (χ0n) is 15.7. The van der Waals surface area contributed by atoms with E-state index in [9.17, 15) is 0 Å². The van der Waals surface area contributed by atoms with Crippen molar-refractivity contribution >= 4 is 34.7 Å². The van der Waals surface area contributed by atoms with Crippen molar-refractivity contribution in [3.05, 3.63) is 58.7 Å². The van der Waals surface area contributed by atoms with E-state index >= 15 is 0 Å². The summed E-state index contributed by atoms with van der Waals surface area (Å²) in [5.41, 5.74) is 4.17. The van der Waals surface area contributed by atoms with Gasteiger partial charge in [0.2, 0.25) is 5.95 Å². The van der Waals surface area contributed by atoms with Gasteiger partial charge >= 0.3 is 0 Å². The van der Waals surface area contributed by atoms with Gasteiger partial charge in [0.25, 0.3) is 0 Å². The number of benzene rings is 2. The van der Waals surface area contributed by atoms with Crippen LogP contribution in [-0.2, 0) is 0 Å². The van der Waals surface area contributed by atoms with E-state index in [1.165, 1.54) is 5.56 Å². The lowest BCUT2D eigenvalue weighted by atomic mass is 9.98. The summed E-state index contributed by atoms with van der Waals surface area (Å²) in [5, 5.41) is 15.1. The van der Waals surface area contributed by atoms with Crippen molar-refractivity contribution in [2.45, 2.75) is 26.7 Å². The lowest BCUT2D eigenvalue weighted by Crippen LogP contribution is -2.05. The summed E-state index contributed by atoms with van der Waals surface area (Å²) in [6, 6.07) is 11.6. The van der Waals surface area contributed by atoms with Gasteiger partial charge < -0.3 is 15.4 Å². The minimum absolute atomic E-state index is 0.376. The Labute approximate surface area is 164 Å². The Morgan fingerprint density at radius 2 is 1.93 bits per heavy atom. The monoisotopic (exact) mass is 383 g/mol. The number of aryl methyl sites for hydroxylation is 1. The number of methoxy groups -OCH3 is 1. The first-order valence-corrected chi connectivity index (χ1v) is 9.02. The molecule has 3 aromatic rings. The molecule has 0 amide bonds. The lowest BCUT2D eigenvalue weighted by molar-refractivity contribution is 0.415. The molecule has 0 spiro atoms. The van der Waals surface area contributed by atoms with Crippen molar-refractivity contribution in [1.29, 1.82) is 0 Å². The molecule has 1 heterocycles. The molecule has 140 valence electrons. The summed E-state index contributed by atoms with van der Waals surface area (Å²) in [6.07, 6.45) is 1.60. The minimum Gasteiger partial charge on any atom is -0.495 e. The Hall–Kier alpha value is -2.86. The van der Waals surface area contributed by atoms with Crippen LogP contribution in [0.4, 0.5) is 23.1 Å². The topological polar surface area (TPSA) is 72.0 Å². The van der Waals surface area contributed by atoms with Gasteiger partial charge in [0.15, 0.2) is 5.82 Å². The zero-order chi connectivity index (χ0) is 19.4. The molecule has 2 aromatic carbocycles. The predicted molar refractivity (Wildman–Crippen MR) is 110 cm³/mol. The van der Waals surface area contributed by atoms with Crippen LogP contribution in [0.2, 0.25) is 5.02 Å². The van der Waals surface area contributed by atoms with Gasteiger partial charge in [-0.1, -0.05) is 43.6 Å². The molecule has 0 aliphatic rings. The second kappa shape index (κ2) is 8.22. The number of halogens is 1. The molecule has 0 radical (unpaired) electrons. The van der Waals surface area contributed by atoms with Crippen LogP contribution >= 0.6 is 11.6 Å². The SMILES string of the molecule is COc1ccc(Nc2nncc(Nc3c(C)cccc3C(C)C)n2)cc1Cl. The van der Waals surface area contributed by atoms with Crippen molar-refractivity contribution in [2.24, 2.45) is 0 Å². The highest BCUT2D eigenvalue weighted by Crippen LogP contribution is 2.30. The number of nitrogens with zero attached hydrogens (tertiary/aromatic N) is 3.